The number of hydrogen-bond donors (Lipinski definition) is 1. The van der Waals surface area contributed by atoms with Gasteiger partial charge in [-0.2, -0.15) is 0 Å². The van der Waals surface area contributed by atoms with Crippen LogP contribution in [-0.4, -0.2) is 15.1 Å². The van der Waals surface area contributed by atoms with Crippen molar-refractivity contribution in [3.63, 3.8) is 0 Å². The predicted molar refractivity (Wildman–Crippen MR) is 55.7 cm³/mol. The Morgan fingerprint density at radius 3 is 2.62 bits per heavy atom. The molecule has 0 heterocycles. The third-order valence-electron chi connectivity index (χ3n) is 1.60. The molecule has 13 heavy (non-hydrogen) atoms. The molecule has 0 aromatic heterocycles. The summed E-state index contributed by atoms with van der Waals surface area (Å²) in [6.45, 7) is 1.81. The topological polar surface area (TPSA) is 37.3 Å². The summed E-state index contributed by atoms with van der Waals surface area (Å²) in [7, 11) is -1.07. The van der Waals surface area contributed by atoms with Crippen LogP contribution < -0.4 is 0 Å². The molecule has 0 spiro atoms. The van der Waals surface area contributed by atoms with E-state index in [1.807, 2.05) is 25.1 Å². The average Bonchev–Trinajstić information content (AvgIpc) is 2.19. The van der Waals surface area contributed by atoms with E-state index in [0.29, 0.717) is 11.3 Å². The molecule has 0 saturated heterocycles. The summed E-state index contributed by atoms with van der Waals surface area (Å²) in [5, 5.41) is 10.9. The quantitative estimate of drug-likeness (QED) is 0.753. The number of aliphatic hydroxyl groups is 1. The van der Waals surface area contributed by atoms with Crippen LogP contribution >= 0.6 is 0 Å². The molecule has 1 aromatic rings. The molecule has 70 valence electrons. The molecule has 1 unspecified atom stereocenters. The third-order valence-corrected chi connectivity index (χ3v) is 2.65. The standard InChI is InChI=1S/C10H12O2S/c1-2-13(12)8-10(11)9-6-4-3-5-7-9/h3-8,11H,2H2,1H3/b10-8-. The van der Waals surface area contributed by atoms with Crippen LogP contribution in [0.15, 0.2) is 35.7 Å². The fourth-order valence-corrected chi connectivity index (χ4v) is 1.44. The van der Waals surface area contributed by atoms with Gasteiger partial charge in [0.1, 0.15) is 5.76 Å². The Kier molecular flexibility index (Phi) is 3.71. The first-order valence-electron chi connectivity index (χ1n) is 4.07. The Hall–Kier alpha value is -1.09. The lowest BCUT2D eigenvalue weighted by Crippen LogP contribution is -1.90. The van der Waals surface area contributed by atoms with Crippen LogP contribution in [0.2, 0.25) is 0 Å². The van der Waals surface area contributed by atoms with E-state index in [0.717, 1.165) is 0 Å². The van der Waals surface area contributed by atoms with E-state index in [2.05, 4.69) is 0 Å². The minimum Gasteiger partial charge on any atom is -0.507 e. The highest BCUT2D eigenvalue weighted by Crippen LogP contribution is 2.10. The van der Waals surface area contributed by atoms with Gasteiger partial charge < -0.3 is 5.11 Å². The fraction of sp³-hybridized carbons (Fsp3) is 0.200. The van der Waals surface area contributed by atoms with Gasteiger partial charge in [0.15, 0.2) is 0 Å². The molecule has 0 amide bonds. The van der Waals surface area contributed by atoms with Crippen LogP contribution in [0.4, 0.5) is 0 Å². The lowest BCUT2D eigenvalue weighted by molar-refractivity contribution is 0.512. The van der Waals surface area contributed by atoms with Crippen molar-refractivity contribution in [1.82, 2.24) is 0 Å². The average molecular weight is 196 g/mol. The SMILES string of the molecule is CCS(=O)/C=C(\O)c1ccccc1. The lowest BCUT2D eigenvalue weighted by atomic mass is 10.2. The first kappa shape index (κ1) is 9.99. The summed E-state index contributed by atoms with van der Waals surface area (Å²) in [6.07, 6.45) is 0. The van der Waals surface area contributed by atoms with Crippen molar-refractivity contribution in [2.45, 2.75) is 6.92 Å². The third kappa shape index (κ3) is 3.03. The Morgan fingerprint density at radius 1 is 1.46 bits per heavy atom. The van der Waals surface area contributed by atoms with Gasteiger partial charge in [-0.1, -0.05) is 37.3 Å². The van der Waals surface area contributed by atoms with Crippen molar-refractivity contribution in [3.05, 3.63) is 41.3 Å². The Balaban J connectivity index is 2.85. The van der Waals surface area contributed by atoms with Gasteiger partial charge in [-0.25, -0.2) is 0 Å². The molecular weight excluding hydrogens is 184 g/mol. The molecule has 0 aliphatic heterocycles. The molecule has 0 aliphatic rings. The summed E-state index contributed by atoms with van der Waals surface area (Å²) < 4.78 is 11.1. The Morgan fingerprint density at radius 2 is 2.08 bits per heavy atom. The summed E-state index contributed by atoms with van der Waals surface area (Å²) >= 11 is 0. The first-order chi connectivity index (χ1) is 6.24. The van der Waals surface area contributed by atoms with Crippen molar-refractivity contribution in [2.24, 2.45) is 0 Å². The zero-order chi connectivity index (χ0) is 9.68. The van der Waals surface area contributed by atoms with Crippen LogP contribution in [-0.2, 0) is 10.8 Å². The maximum atomic E-state index is 11.1. The number of rotatable bonds is 3. The van der Waals surface area contributed by atoms with E-state index < -0.39 is 10.8 Å². The van der Waals surface area contributed by atoms with Gasteiger partial charge in [-0.15, -0.1) is 0 Å². The monoisotopic (exact) mass is 196 g/mol. The van der Waals surface area contributed by atoms with E-state index >= 15 is 0 Å². The summed E-state index contributed by atoms with van der Waals surface area (Å²) in [5.41, 5.74) is 0.698. The molecule has 1 N–H and O–H groups in total. The van der Waals surface area contributed by atoms with Crippen molar-refractivity contribution < 1.29 is 9.32 Å². The number of hydrogen-bond acceptors (Lipinski definition) is 2. The normalized spacial score (nSPS) is 14.1. The van der Waals surface area contributed by atoms with Crippen LogP contribution in [0, 0.1) is 0 Å². The smallest absolute Gasteiger partial charge is 0.131 e. The van der Waals surface area contributed by atoms with Gasteiger partial charge in [0.05, 0.1) is 0 Å². The van der Waals surface area contributed by atoms with Crippen molar-refractivity contribution in [2.75, 3.05) is 5.75 Å². The minimum absolute atomic E-state index is 0.0841. The zero-order valence-corrected chi connectivity index (χ0v) is 8.25. The molecule has 0 radical (unpaired) electrons. The van der Waals surface area contributed by atoms with Gasteiger partial charge in [-0.05, 0) is 0 Å². The molecule has 0 aliphatic carbocycles. The van der Waals surface area contributed by atoms with Crippen LogP contribution in [0.25, 0.3) is 5.76 Å². The maximum Gasteiger partial charge on any atom is 0.131 e. The molecule has 0 fully saturated rings. The van der Waals surface area contributed by atoms with Gasteiger partial charge in [0.25, 0.3) is 0 Å². The number of benzene rings is 1. The summed E-state index contributed by atoms with van der Waals surface area (Å²) in [5.74, 6) is 0.609. The lowest BCUT2D eigenvalue weighted by Gasteiger charge is -1.98. The first-order valence-corrected chi connectivity index (χ1v) is 5.45. The molecular formula is C10H12O2S. The van der Waals surface area contributed by atoms with Crippen LogP contribution in [0.1, 0.15) is 12.5 Å². The van der Waals surface area contributed by atoms with Crippen LogP contribution in [0.3, 0.4) is 0 Å². The Bertz CT molecular complexity index is 317. The zero-order valence-electron chi connectivity index (χ0n) is 7.43. The predicted octanol–water partition coefficient (Wildman–Crippen LogP) is 2.31. The largest absolute Gasteiger partial charge is 0.507 e. The fourth-order valence-electron chi connectivity index (χ4n) is 0.885. The van der Waals surface area contributed by atoms with Gasteiger partial charge in [0.2, 0.25) is 0 Å². The van der Waals surface area contributed by atoms with E-state index in [1.54, 1.807) is 12.1 Å². The van der Waals surface area contributed by atoms with Crippen molar-refractivity contribution >= 4 is 16.6 Å². The molecule has 1 aromatic carbocycles. The van der Waals surface area contributed by atoms with E-state index in [9.17, 15) is 9.32 Å². The van der Waals surface area contributed by atoms with Gasteiger partial charge in [-0.3, -0.25) is 4.21 Å². The molecule has 2 nitrogen and oxygen atoms in total. The maximum absolute atomic E-state index is 11.1. The highest BCUT2D eigenvalue weighted by atomic mass is 32.2. The van der Waals surface area contributed by atoms with Crippen LogP contribution in [0.5, 0.6) is 0 Å². The molecule has 1 rings (SSSR count). The molecule has 0 saturated carbocycles. The van der Waals surface area contributed by atoms with Crippen molar-refractivity contribution in [3.8, 4) is 0 Å². The number of aliphatic hydroxyl groups excluding tert-OH is 1. The molecule has 1 atom stereocenters. The van der Waals surface area contributed by atoms with E-state index in [1.165, 1.54) is 5.41 Å². The van der Waals surface area contributed by atoms with Crippen molar-refractivity contribution in [1.29, 1.82) is 0 Å². The van der Waals surface area contributed by atoms with E-state index in [4.69, 9.17) is 0 Å². The molecule has 0 bridgehead atoms. The summed E-state index contributed by atoms with van der Waals surface area (Å²) in [4.78, 5) is 0. The minimum atomic E-state index is -1.07. The van der Waals surface area contributed by atoms with Gasteiger partial charge in [0, 0.05) is 27.5 Å². The summed E-state index contributed by atoms with van der Waals surface area (Å²) in [6, 6.07) is 9.08. The van der Waals surface area contributed by atoms with Gasteiger partial charge >= 0.3 is 0 Å². The second-order valence-electron chi connectivity index (χ2n) is 2.54. The van der Waals surface area contributed by atoms with E-state index in [-0.39, 0.29) is 5.76 Å². The second kappa shape index (κ2) is 4.82. The highest BCUT2D eigenvalue weighted by Gasteiger charge is 1.98. The Labute approximate surface area is 80.4 Å². The second-order valence-corrected chi connectivity index (χ2v) is 4.11. The highest BCUT2D eigenvalue weighted by molar-refractivity contribution is 7.88. The molecule has 3 heteroatoms.